The van der Waals surface area contributed by atoms with E-state index >= 15 is 0 Å². The quantitative estimate of drug-likeness (QED) is 0.138. The van der Waals surface area contributed by atoms with Gasteiger partial charge in [0.25, 0.3) is 0 Å². The van der Waals surface area contributed by atoms with Gasteiger partial charge >= 0.3 is 0 Å². The summed E-state index contributed by atoms with van der Waals surface area (Å²) in [5.41, 5.74) is 7.29. The van der Waals surface area contributed by atoms with Crippen molar-refractivity contribution < 1.29 is 4.74 Å². The van der Waals surface area contributed by atoms with Crippen molar-refractivity contribution in [2.75, 3.05) is 0 Å². The highest BCUT2D eigenvalue weighted by molar-refractivity contribution is 6.26. The van der Waals surface area contributed by atoms with E-state index in [1.807, 2.05) is 0 Å². The molecular weight excluding hydrogens is 593 g/mol. The monoisotopic (exact) mass is 620 g/mol. The molecule has 1 heteroatoms. The molecule has 1 aliphatic heterocycles. The first kappa shape index (κ1) is 26.6. The van der Waals surface area contributed by atoms with Gasteiger partial charge in [0.15, 0.2) is 0 Å². The van der Waals surface area contributed by atoms with Crippen LogP contribution in [0.1, 0.15) is 0 Å². The minimum absolute atomic E-state index is 0.896. The Morgan fingerprint density at radius 1 is 0.286 bits per heavy atom. The smallest absolute Gasteiger partial charge is 0.136 e. The number of fused-ring (bicyclic) bond motifs is 9. The Morgan fingerprint density at radius 3 is 1.80 bits per heavy atom. The van der Waals surface area contributed by atoms with Crippen molar-refractivity contribution in [2.45, 2.75) is 0 Å². The third kappa shape index (κ3) is 3.82. The minimum Gasteiger partial charge on any atom is -0.456 e. The van der Waals surface area contributed by atoms with Gasteiger partial charge in [-0.1, -0.05) is 146 Å². The minimum atomic E-state index is 0.896. The summed E-state index contributed by atoms with van der Waals surface area (Å²) in [6.07, 6.45) is 0. The Balaban J connectivity index is 1.21. The van der Waals surface area contributed by atoms with E-state index in [9.17, 15) is 0 Å². The second-order valence-corrected chi connectivity index (χ2v) is 13.2. The normalized spacial score (nSPS) is 12.2. The summed E-state index contributed by atoms with van der Waals surface area (Å²) in [6.45, 7) is 0. The van der Waals surface area contributed by atoms with E-state index in [2.05, 4.69) is 170 Å². The van der Waals surface area contributed by atoms with Crippen molar-refractivity contribution >= 4 is 64.6 Å². The Bertz CT molecular complexity index is 3020. The van der Waals surface area contributed by atoms with Gasteiger partial charge in [0.2, 0.25) is 0 Å². The van der Waals surface area contributed by atoms with Crippen LogP contribution in [0.15, 0.2) is 170 Å². The zero-order valence-electron chi connectivity index (χ0n) is 26.6. The first-order valence-electron chi connectivity index (χ1n) is 16.9. The molecule has 0 saturated carbocycles. The Hall–Kier alpha value is -6.44. The summed E-state index contributed by atoms with van der Waals surface area (Å²) in [6, 6.07) is 62.1. The molecule has 10 aromatic rings. The van der Waals surface area contributed by atoms with Crippen LogP contribution in [-0.2, 0) is 0 Å². The van der Waals surface area contributed by atoms with Gasteiger partial charge in [0.1, 0.15) is 11.5 Å². The SMILES string of the molecule is c1ccc2c(-c3c4cccc(-c5ccc6c(c5)-c5cccc7c5c(cc5ccccc57)O6)c4cc4ccc5ccccc5c34)cccc2c1. The summed E-state index contributed by atoms with van der Waals surface area (Å²) < 4.78 is 6.65. The van der Waals surface area contributed by atoms with Crippen molar-refractivity contribution in [3.05, 3.63) is 170 Å². The number of benzene rings is 10. The van der Waals surface area contributed by atoms with Crippen molar-refractivity contribution in [3.8, 4) is 44.9 Å². The average Bonchev–Trinajstić information content (AvgIpc) is 3.16. The lowest BCUT2D eigenvalue weighted by molar-refractivity contribution is 0.488. The number of hydrogen-bond acceptors (Lipinski definition) is 1. The van der Waals surface area contributed by atoms with Crippen molar-refractivity contribution in [1.29, 1.82) is 0 Å². The second-order valence-electron chi connectivity index (χ2n) is 13.2. The van der Waals surface area contributed by atoms with E-state index in [0.29, 0.717) is 0 Å². The molecule has 0 aromatic heterocycles. The lowest BCUT2D eigenvalue weighted by Gasteiger charge is -2.23. The Morgan fingerprint density at radius 2 is 0.918 bits per heavy atom. The zero-order valence-corrected chi connectivity index (χ0v) is 26.6. The summed E-state index contributed by atoms with van der Waals surface area (Å²) in [4.78, 5) is 0. The highest BCUT2D eigenvalue weighted by Crippen LogP contribution is 2.50. The lowest BCUT2D eigenvalue weighted by atomic mass is 9.84. The molecule has 226 valence electrons. The van der Waals surface area contributed by atoms with Crippen LogP contribution < -0.4 is 4.74 Å². The first-order valence-corrected chi connectivity index (χ1v) is 16.9. The molecule has 0 radical (unpaired) electrons. The topological polar surface area (TPSA) is 9.23 Å². The summed E-state index contributed by atoms with van der Waals surface area (Å²) in [5.74, 6) is 1.82. The summed E-state index contributed by atoms with van der Waals surface area (Å²) >= 11 is 0. The molecular formula is C48H28O. The summed E-state index contributed by atoms with van der Waals surface area (Å²) in [7, 11) is 0. The highest BCUT2D eigenvalue weighted by Gasteiger charge is 2.23. The predicted octanol–water partition coefficient (Wildman–Crippen LogP) is 13.7. The molecule has 0 amide bonds. The number of hydrogen-bond donors (Lipinski definition) is 0. The Labute approximate surface area is 283 Å². The molecule has 0 atom stereocenters. The van der Waals surface area contributed by atoms with Gasteiger partial charge < -0.3 is 4.74 Å². The maximum Gasteiger partial charge on any atom is 0.136 e. The van der Waals surface area contributed by atoms with E-state index < -0.39 is 0 Å². The van der Waals surface area contributed by atoms with Gasteiger partial charge in [-0.25, -0.2) is 0 Å². The van der Waals surface area contributed by atoms with Gasteiger partial charge in [-0.05, 0) is 111 Å². The van der Waals surface area contributed by atoms with Crippen LogP contribution in [0.4, 0.5) is 0 Å². The molecule has 11 rings (SSSR count). The fourth-order valence-corrected chi connectivity index (χ4v) is 8.44. The fourth-order valence-electron chi connectivity index (χ4n) is 8.44. The first-order chi connectivity index (χ1) is 24.3. The number of rotatable bonds is 2. The van der Waals surface area contributed by atoms with Crippen LogP contribution in [0, 0.1) is 0 Å². The van der Waals surface area contributed by atoms with Crippen LogP contribution in [0.3, 0.4) is 0 Å². The van der Waals surface area contributed by atoms with E-state index in [4.69, 9.17) is 4.74 Å². The molecule has 0 saturated heterocycles. The van der Waals surface area contributed by atoms with Crippen molar-refractivity contribution in [3.63, 3.8) is 0 Å². The molecule has 0 spiro atoms. The third-order valence-electron chi connectivity index (χ3n) is 10.6. The van der Waals surface area contributed by atoms with E-state index in [-0.39, 0.29) is 0 Å². The number of ether oxygens (including phenoxy) is 1. The van der Waals surface area contributed by atoms with Crippen LogP contribution in [0.2, 0.25) is 0 Å². The molecule has 1 nitrogen and oxygen atoms in total. The molecule has 0 bridgehead atoms. The molecule has 1 aliphatic rings. The molecule has 0 aliphatic carbocycles. The van der Waals surface area contributed by atoms with Crippen molar-refractivity contribution in [1.82, 2.24) is 0 Å². The predicted molar refractivity (Wildman–Crippen MR) is 208 cm³/mol. The van der Waals surface area contributed by atoms with Crippen molar-refractivity contribution in [2.24, 2.45) is 0 Å². The van der Waals surface area contributed by atoms with E-state index in [0.717, 1.165) is 17.1 Å². The standard InChI is InChI=1S/C48H28O/c1-4-14-34-29(10-1)13-7-18-39(34)48-40-20-8-17-36(42(40)27-33-23-22-30-11-2-6-16-37(30)46(33)48)32-24-25-44-43(26-32)41-21-9-19-38-35-15-5-3-12-31(35)28-45(49-44)47(38)41/h1-28H. The highest BCUT2D eigenvalue weighted by atomic mass is 16.5. The lowest BCUT2D eigenvalue weighted by Crippen LogP contribution is -1.98. The molecule has 0 N–H and O–H groups in total. The second kappa shape index (κ2) is 10.0. The Kier molecular flexibility index (Phi) is 5.45. The summed E-state index contributed by atoms with van der Waals surface area (Å²) in [5, 5.41) is 14.9. The van der Waals surface area contributed by atoms with Crippen LogP contribution in [-0.4, -0.2) is 0 Å². The largest absolute Gasteiger partial charge is 0.456 e. The van der Waals surface area contributed by atoms with Gasteiger partial charge in [-0.15, -0.1) is 0 Å². The van der Waals surface area contributed by atoms with Gasteiger partial charge in [0, 0.05) is 10.9 Å². The molecule has 0 fully saturated rings. The third-order valence-corrected chi connectivity index (χ3v) is 10.6. The molecule has 0 unspecified atom stereocenters. The van der Waals surface area contributed by atoms with E-state index in [1.165, 1.54) is 92.5 Å². The zero-order chi connectivity index (χ0) is 32.1. The van der Waals surface area contributed by atoms with Gasteiger partial charge in [-0.2, -0.15) is 0 Å². The van der Waals surface area contributed by atoms with Crippen LogP contribution >= 0.6 is 0 Å². The van der Waals surface area contributed by atoms with Crippen LogP contribution in [0.5, 0.6) is 11.5 Å². The fraction of sp³-hybridized carbons (Fsp3) is 0. The molecule has 49 heavy (non-hydrogen) atoms. The van der Waals surface area contributed by atoms with Gasteiger partial charge in [-0.3, -0.25) is 0 Å². The van der Waals surface area contributed by atoms with E-state index in [1.54, 1.807) is 0 Å². The maximum absolute atomic E-state index is 6.65. The molecule has 1 heterocycles. The molecule has 10 aromatic carbocycles. The van der Waals surface area contributed by atoms with Crippen LogP contribution in [0.25, 0.3) is 98.0 Å². The maximum atomic E-state index is 6.65. The average molecular weight is 621 g/mol. The van der Waals surface area contributed by atoms with Gasteiger partial charge in [0.05, 0.1) is 0 Å².